The van der Waals surface area contributed by atoms with E-state index in [9.17, 15) is 28.8 Å². The third kappa shape index (κ3) is 24.3. The van der Waals surface area contributed by atoms with Gasteiger partial charge in [0.2, 0.25) is 0 Å². The van der Waals surface area contributed by atoms with Crippen molar-refractivity contribution >= 4 is 64.8 Å². The third-order valence-electron chi connectivity index (χ3n) is 15.8. The summed E-state index contributed by atoms with van der Waals surface area (Å²) >= 11 is 0. The Kier molecular flexibility index (Phi) is 27.9. The van der Waals surface area contributed by atoms with E-state index in [1.54, 1.807) is 63.8 Å². The van der Waals surface area contributed by atoms with E-state index in [-0.39, 0.29) is 37.1 Å². The van der Waals surface area contributed by atoms with E-state index in [2.05, 4.69) is 0 Å². The normalized spacial score (nSPS) is 14.1. The van der Waals surface area contributed by atoms with Gasteiger partial charge in [0.05, 0.1) is 50.8 Å². The van der Waals surface area contributed by atoms with Gasteiger partial charge in [0.15, 0.2) is 0 Å². The Labute approximate surface area is 525 Å². The van der Waals surface area contributed by atoms with Gasteiger partial charge in [-0.2, -0.15) is 0 Å². The van der Waals surface area contributed by atoms with E-state index < -0.39 is 28.2 Å². The minimum Gasteiger partial charge on any atom is -0.497 e. The molecule has 6 aromatic carbocycles. The summed E-state index contributed by atoms with van der Waals surface area (Å²) in [5, 5.41) is 1.76. The summed E-state index contributed by atoms with van der Waals surface area (Å²) in [4.78, 5) is 72.4. The second-order valence-electron chi connectivity index (χ2n) is 23.6. The standard InChI is InChI=1S/C26H26O5.C24H34O5.C24H28O5/c1-5-26(2,3)25(28)31-23-14-10-19-16-22(13-9-20(19)17-23)30-24(27)15-8-18-6-11-21(29-4)12-7-18;2*1-5-24(2,3)23(26)29-17-20-8-6-19(7-9-20)16-28-22(25)15-12-18-10-13-21(27-4)14-11-18/h6-17H,5H2,1-4H3;10-15,19-20H,5-9,16-17H2,1-4H3;6-15H,5,16-17H2,1-4H3/b15-8+;2*15-12+. The van der Waals surface area contributed by atoms with Gasteiger partial charge in [-0.3, -0.25) is 14.4 Å². The van der Waals surface area contributed by atoms with Crippen LogP contribution in [0.5, 0.6) is 28.7 Å². The third-order valence-corrected chi connectivity index (χ3v) is 15.8. The molecule has 0 amide bonds. The van der Waals surface area contributed by atoms with Crippen molar-refractivity contribution in [2.45, 2.75) is 120 Å². The zero-order valence-electron chi connectivity index (χ0n) is 53.7. The lowest BCUT2D eigenvalue weighted by molar-refractivity contribution is -0.156. The number of carbonyl (C=O) groups is 6. The molecule has 1 aliphatic carbocycles. The smallest absolute Gasteiger partial charge is 0.336 e. The number of fused-ring (bicyclic) bond motifs is 1. The van der Waals surface area contributed by atoms with Gasteiger partial charge < -0.3 is 42.6 Å². The van der Waals surface area contributed by atoms with Crippen molar-refractivity contribution in [1.29, 1.82) is 0 Å². The molecule has 0 atom stereocenters. The molecule has 6 aromatic rings. The number of methoxy groups -OCH3 is 3. The topological polar surface area (TPSA) is 185 Å². The Morgan fingerprint density at radius 1 is 0.382 bits per heavy atom. The van der Waals surface area contributed by atoms with Gasteiger partial charge in [-0.15, -0.1) is 0 Å². The van der Waals surface area contributed by atoms with Crippen LogP contribution < -0.4 is 23.7 Å². The van der Waals surface area contributed by atoms with E-state index >= 15 is 0 Å². The van der Waals surface area contributed by atoms with E-state index in [0.29, 0.717) is 43.0 Å². The molecule has 0 N–H and O–H groups in total. The van der Waals surface area contributed by atoms with Crippen LogP contribution in [0.2, 0.25) is 0 Å². The predicted octanol–water partition coefficient (Wildman–Crippen LogP) is 15.8. The number of hydrogen-bond acceptors (Lipinski definition) is 15. The molecule has 1 saturated carbocycles. The zero-order chi connectivity index (χ0) is 65.0. The quantitative estimate of drug-likeness (QED) is 0.0228. The van der Waals surface area contributed by atoms with Crippen LogP contribution in [0.25, 0.3) is 29.0 Å². The lowest BCUT2D eigenvalue weighted by Crippen LogP contribution is -2.29. The molecule has 1 fully saturated rings. The fourth-order valence-electron chi connectivity index (χ4n) is 8.28. The Morgan fingerprint density at radius 3 is 1.10 bits per heavy atom. The molecule has 1 aliphatic rings. The van der Waals surface area contributed by atoms with Crippen LogP contribution >= 0.6 is 0 Å². The molecule has 15 nitrogen and oxygen atoms in total. The van der Waals surface area contributed by atoms with E-state index in [0.717, 1.165) is 94.4 Å². The lowest BCUT2D eigenvalue weighted by atomic mass is 9.83. The predicted molar refractivity (Wildman–Crippen MR) is 347 cm³/mol. The average Bonchev–Trinajstić information content (AvgIpc) is 3.75. The van der Waals surface area contributed by atoms with Crippen molar-refractivity contribution in [3.8, 4) is 28.7 Å². The van der Waals surface area contributed by atoms with Crippen molar-refractivity contribution in [2.24, 2.45) is 28.1 Å². The van der Waals surface area contributed by atoms with Gasteiger partial charge >= 0.3 is 35.8 Å². The second kappa shape index (κ2) is 35.1. The number of rotatable bonds is 25. The molecule has 0 unspecified atom stereocenters. The lowest BCUT2D eigenvalue weighted by Gasteiger charge is -2.29. The summed E-state index contributed by atoms with van der Waals surface area (Å²) in [5.74, 6) is 2.23. The minimum atomic E-state index is -0.535. The maximum Gasteiger partial charge on any atom is 0.336 e. The van der Waals surface area contributed by atoms with Gasteiger partial charge in [-0.1, -0.05) is 93.6 Å². The first-order chi connectivity index (χ1) is 42.5. The van der Waals surface area contributed by atoms with Crippen LogP contribution in [0.4, 0.5) is 0 Å². The maximum atomic E-state index is 12.3. The molecule has 0 heterocycles. The van der Waals surface area contributed by atoms with Crippen molar-refractivity contribution in [3.63, 3.8) is 0 Å². The van der Waals surface area contributed by atoms with Crippen molar-refractivity contribution < 1.29 is 71.4 Å². The first kappa shape index (κ1) is 70.8. The highest BCUT2D eigenvalue weighted by Crippen LogP contribution is 2.32. The summed E-state index contributed by atoms with van der Waals surface area (Å²) in [6.07, 6.45) is 15.5. The van der Waals surface area contributed by atoms with Crippen molar-refractivity contribution in [1.82, 2.24) is 0 Å². The van der Waals surface area contributed by atoms with E-state index in [1.807, 2.05) is 172 Å². The molecular formula is C74H88O15. The highest BCUT2D eigenvalue weighted by atomic mass is 16.6. The number of ether oxygens (including phenoxy) is 9. The van der Waals surface area contributed by atoms with Crippen LogP contribution in [-0.2, 0) is 60.9 Å². The zero-order valence-corrected chi connectivity index (χ0v) is 53.7. The summed E-state index contributed by atoms with van der Waals surface area (Å²) < 4.78 is 47.8. The van der Waals surface area contributed by atoms with Crippen molar-refractivity contribution in [2.75, 3.05) is 34.5 Å². The molecule has 0 bridgehead atoms. The molecule has 7 rings (SSSR count). The average molecular weight is 1220 g/mol. The summed E-state index contributed by atoms with van der Waals surface area (Å²) in [6, 6.07) is 40.3. The molecule has 0 saturated heterocycles. The number of hydrogen-bond donors (Lipinski definition) is 0. The molecule has 0 aliphatic heterocycles. The monoisotopic (exact) mass is 1220 g/mol. The van der Waals surface area contributed by atoms with E-state index in [1.165, 1.54) is 18.2 Å². The number of carbonyl (C=O) groups excluding carboxylic acids is 6. The van der Waals surface area contributed by atoms with Crippen LogP contribution in [-0.4, -0.2) is 70.4 Å². The molecule has 15 heteroatoms. The van der Waals surface area contributed by atoms with Gasteiger partial charge in [0.1, 0.15) is 42.0 Å². The minimum absolute atomic E-state index is 0.111. The summed E-state index contributed by atoms with van der Waals surface area (Å²) in [7, 11) is 4.83. The van der Waals surface area contributed by atoms with Gasteiger partial charge in [-0.25, -0.2) is 14.4 Å². The van der Waals surface area contributed by atoms with Gasteiger partial charge in [0, 0.05) is 18.2 Å². The van der Waals surface area contributed by atoms with Crippen LogP contribution in [0.15, 0.2) is 152 Å². The Bertz CT molecular complexity index is 3320. The summed E-state index contributed by atoms with van der Waals surface area (Å²) in [5.41, 5.74) is 2.99. The number of benzene rings is 6. The number of esters is 6. The van der Waals surface area contributed by atoms with Crippen LogP contribution in [0, 0.1) is 28.1 Å². The molecule has 0 spiro atoms. The fourth-order valence-corrected chi connectivity index (χ4v) is 8.28. The molecule has 89 heavy (non-hydrogen) atoms. The molecule has 0 aromatic heterocycles. The first-order valence-electron chi connectivity index (χ1n) is 30.2. The fraction of sp³-hybridized carbons (Fsp3) is 0.378. The Hall–Kier alpha value is -8.98. The summed E-state index contributed by atoms with van der Waals surface area (Å²) in [6.45, 7) is 18.6. The van der Waals surface area contributed by atoms with Crippen LogP contribution in [0.3, 0.4) is 0 Å². The van der Waals surface area contributed by atoms with Crippen LogP contribution in [0.1, 0.15) is 135 Å². The highest BCUT2D eigenvalue weighted by molar-refractivity contribution is 5.91. The Balaban J connectivity index is 0.000000243. The first-order valence-corrected chi connectivity index (χ1v) is 30.2. The SMILES string of the molecule is CCC(C)(C)C(=O)OCC1CCC(COC(=O)/C=C/c2ccc(OC)cc2)CC1.CCC(C)(C)C(=O)OCc1ccc(COC(=O)/C=C/c2ccc(OC)cc2)cc1.CCC(C)(C)C(=O)Oc1ccc2cc(OC(=O)/C=C/c3ccc(OC)cc3)ccc2c1. The Morgan fingerprint density at radius 2 is 0.708 bits per heavy atom. The molecule has 474 valence electrons. The molecular weight excluding hydrogens is 1130 g/mol. The largest absolute Gasteiger partial charge is 0.497 e. The second-order valence-corrected chi connectivity index (χ2v) is 23.6. The maximum absolute atomic E-state index is 12.3. The van der Waals surface area contributed by atoms with Gasteiger partial charge in [-0.05, 0) is 216 Å². The van der Waals surface area contributed by atoms with Gasteiger partial charge in [0.25, 0.3) is 0 Å². The highest BCUT2D eigenvalue weighted by Gasteiger charge is 2.30. The van der Waals surface area contributed by atoms with Crippen molar-refractivity contribution in [3.05, 3.63) is 180 Å². The molecule has 0 radical (unpaired) electrons. The van der Waals surface area contributed by atoms with E-state index in [4.69, 9.17) is 42.6 Å².